The molecule has 2 aromatic rings. The molecule has 0 aliphatic heterocycles. The van der Waals surface area contributed by atoms with Crippen LogP contribution in [0.4, 0.5) is 11.4 Å². The van der Waals surface area contributed by atoms with Crippen molar-refractivity contribution in [2.75, 3.05) is 17.2 Å². The molecule has 0 heterocycles. The number of hydrogen-bond acceptors (Lipinski definition) is 2. The molecule has 2 aromatic carbocycles. The van der Waals surface area contributed by atoms with Crippen molar-refractivity contribution in [1.82, 2.24) is 0 Å². The number of amides is 1. The van der Waals surface area contributed by atoms with Crippen LogP contribution in [-0.2, 0) is 0 Å². The van der Waals surface area contributed by atoms with Gasteiger partial charge in [0.1, 0.15) is 0 Å². The minimum absolute atomic E-state index is 0.112. The largest absolute Gasteiger partial charge is 0.385 e. The first-order valence-corrected chi connectivity index (χ1v) is 7.75. The van der Waals surface area contributed by atoms with Gasteiger partial charge in [0.25, 0.3) is 5.91 Å². The van der Waals surface area contributed by atoms with Crippen LogP contribution in [0.15, 0.2) is 53.0 Å². The molecule has 0 aromatic heterocycles. The van der Waals surface area contributed by atoms with Crippen molar-refractivity contribution in [2.24, 2.45) is 5.92 Å². The van der Waals surface area contributed by atoms with E-state index in [4.69, 9.17) is 0 Å². The Hall–Kier alpha value is -1.81. The number of nitrogens with one attached hydrogen (secondary N) is 2. The third-order valence-corrected chi connectivity index (χ3v) is 3.44. The Labute approximate surface area is 133 Å². The van der Waals surface area contributed by atoms with E-state index in [1.807, 2.05) is 36.4 Å². The summed E-state index contributed by atoms with van der Waals surface area (Å²) in [5.74, 6) is 0.486. The van der Waals surface area contributed by atoms with Gasteiger partial charge in [-0.2, -0.15) is 0 Å². The fourth-order valence-electron chi connectivity index (χ4n) is 1.83. The third-order valence-electron chi connectivity index (χ3n) is 2.94. The van der Waals surface area contributed by atoms with Crippen molar-refractivity contribution in [1.29, 1.82) is 0 Å². The summed E-state index contributed by atoms with van der Waals surface area (Å²) in [7, 11) is 0. The zero-order chi connectivity index (χ0) is 15.2. The number of halogens is 1. The maximum absolute atomic E-state index is 12.1. The third kappa shape index (κ3) is 4.90. The van der Waals surface area contributed by atoms with E-state index in [1.165, 1.54) is 0 Å². The Morgan fingerprint density at radius 2 is 1.76 bits per heavy atom. The monoisotopic (exact) mass is 346 g/mol. The zero-order valence-corrected chi connectivity index (χ0v) is 13.8. The summed E-state index contributed by atoms with van der Waals surface area (Å²) in [5, 5.41) is 6.23. The molecule has 0 saturated carbocycles. The minimum atomic E-state index is -0.112. The standard InChI is InChI=1S/C17H19BrN2O/c1-12(2)11-19-15-6-8-16(9-7-15)20-17(21)13-4-3-5-14(18)10-13/h3-10,12,19H,11H2,1-2H3,(H,20,21). The maximum atomic E-state index is 12.1. The number of rotatable bonds is 5. The van der Waals surface area contributed by atoms with Crippen molar-refractivity contribution in [2.45, 2.75) is 13.8 Å². The molecule has 0 atom stereocenters. The van der Waals surface area contributed by atoms with Crippen molar-refractivity contribution in [3.8, 4) is 0 Å². The lowest BCUT2D eigenvalue weighted by molar-refractivity contribution is 0.102. The van der Waals surface area contributed by atoms with E-state index < -0.39 is 0 Å². The first-order chi connectivity index (χ1) is 10.0. The Kier molecular flexibility index (Phi) is 5.39. The topological polar surface area (TPSA) is 41.1 Å². The smallest absolute Gasteiger partial charge is 0.255 e. The second-order valence-corrected chi connectivity index (χ2v) is 6.23. The van der Waals surface area contributed by atoms with Crippen molar-refractivity contribution in [3.63, 3.8) is 0 Å². The van der Waals surface area contributed by atoms with E-state index in [0.29, 0.717) is 11.5 Å². The van der Waals surface area contributed by atoms with Crippen LogP contribution in [0.3, 0.4) is 0 Å². The minimum Gasteiger partial charge on any atom is -0.385 e. The number of carbonyl (C=O) groups is 1. The van der Waals surface area contributed by atoms with Gasteiger partial charge in [0.15, 0.2) is 0 Å². The highest BCUT2D eigenvalue weighted by molar-refractivity contribution is 9.10. The first-order valence-electron chi connectivity index (χ1n) is 6.95. The zero-order valence-electron chi connectivity index (χ0n) is 12.2. The van der Waals surface area contributed by atoms with Crippen LogP contribution in [0.1, 0.15) is 24.2 Å². The fraction of sp³-hybridized carbons (Fsp3) is 0.235. The van der Waals surface area contributed by atoms with E-state index >= 15 is 0 Å². The van der Waals surface area contributed by atoms with Gasteiger partial charge in [-0.1, -0.05) is 35.8 Å². The molecule has 0 saturated heterocycles. The van der Waals surface area contributed by atoms with Gasteiger partial charge in [-0.25, -0.2) is 0 Å². The van der Waals surface area contributed by atoms with Crippen molar-refractivity contribution in [3.05, 3.63) is 58.6 Å². The molecule has 0 bridgehead atoms. The Morgan fingerprint density at radius 1 is 1.10 bits per heavy atom. The fourth-order valence-corrected chi connectivity index (χ4v) is 2.23. The summed E-state index contributed by atoms with van der Waals surface area (Å²) in [6.07, 6.45) is 0. The van der Waals surface area contributed by atoms with Gasteiger partial charge in [-0.15, -0.1) is 0 Å². The number of carbonyl (C=O) groups excluding carboxylic acids is 1. The average molecular weight is 347 g/mol. The highest BCUT2D eigenvalue weighted by Gasteiger charge is 2.06. The Bertz CT molecular complexity index is 608. The van der Waals surface area contributed by atoms with Crippen LogP contribution in [0.5, 0.6) is 0 Å². The van der Waals surface area contributed by atoms with Crippen LogP contribution in [-0.4, -0.2) is 12.5 Å². The summed E-state index contributed by atoms with van der Waals surface area (Å²) in [6.45, 7) is 5.27. The Morgan fingerprint density at radius 3 is 2.38 bits per heavy atom. The summed E-state index contributed by atoms with van der Waals surface area (Å²) in [6, 6.07) is 15.1. The number of anilines is 2. The normalized spacial score (nSPS) is 10.5. The molecular formula is C17H19BrN2O. The van der Waals surface area contributed by atoms with E-state index in [1.54, 1.807) is 12.1 Å². The molecule has 0 spiro atoms. The van der Waals surface area contributed by atoms with Crippen LogP contribution >= 0.6 is 15.9 Å². The lowest BCUT2D eigenvalue weighted by Crippen LogP contribution is -2.12. The van der Waals surface area contributed by atoms with E-state index in [2.05, 4.69) is 40.4 Å². The van der Waals surface area contributed by atoms with E-state index in [-0.39, 0.29) is 5.91 Å². The van der Waals surface area contributed by atoms with Gasteiger partial charge < -0.3 is 10.6 Å². The first kappa shape index (κ1) is 15.6. The molecule has 4 heteroatoms. The molecule has 0 fully saturated rings. The number of benzene rings is 2. The molecular weight excluding hydrogens is 328 g/mol. The lowest BCUT2D eigenvalue weighted by atomic mass is 10.2. The van der Waals surface area contributed by atoms with Gasteiger partial charge in [0, 0.05) is 28.0 Å². The summed E-state index contributed by atoms with van der Waals surface area (Å²) < 4.78 is 0.892. The van der Waals surface area contributed by atoms with Crippen molar-refractivity contribution >= 4 is 33.2 Å². The summed E-state index contributed by atoms with van der Waals surface area (Å²) in [5.41, 5.74) is 2.48. The van der Waals surface area contributed by atoms with Gasteiger partial charge in [-0.05, 0) is 48.4 Å². The van der Waals surface area contributed by atoms with Gasteiger partial charge in [0.2, 0.25) is 0 Å². The second kappa shape index (κ2) is 7.27. The molecule has 2 N–H and O–H groups in total. The molecule has 0 radical (unpaired) electrons. The lowest BCUT2D eigenvalue weighted by Gasteiger charge is -2.10. The molecule has 0 aliphatic rings. The predicted molar refractivity (Wildman–Crippen MR) is 91.9 cm³/mol. The molecule has 2 rings (SSSR count). The molecule has 0 aliphatic carbocycles. The highest BCUT2D eigenvalue weighted by atomic mass is 79.9. The summed E-state index contributed by atoms with van der Waals surface area (Å²) >= 11 is 3.37. The Balaban J connectivity index is 1.98. The van der Waals surface area contributed by atoms with E-state index in [9.17, 15) is 4.79 Å². The van der Waals surface area contributed by atoms with Crippen molar-refractivity contribution < 1.29 is 4.79 Å². The van der Waals surface area contributed by atoms with Crippen LogP contribution in [0.2, 0.25) is 0 Å². The van der Waals surface area contributed by atoms with Crippen LogP contribution in [0, 0.1) is 5.92 Å². The molecule has 21 heavy (non-hydrogen) atoms. The van der Waals surface area contributed by atoms with Gasteiger partial charge in [-0.3, -0.25) is 4.79 Å². The summed E-state index contributed by atoms with van der Waals surface area (Å²) in [4.78, 5) is 12.1. The second-order valence-electron chi connectivity index (χ2n) is 5.32. The molecule has 3 nitrogen and oxygen atoms in total. The average Bonchev–Trinajstić information content (AvgIpc) is 2.46. The molecule has 0 unspecified atom stereocenters. The highest BCUT2D eigenvalue weighted by Crippen LogP contribution is 2.16. The molecule has 110 valence electrons. The van der Waals surface area contributed by atoms with Gasteiger partial charge >= 0.3 is 0 Å². The van der Waals surface area contributed by atoms with Crippen LogP contribution < -0.4 is 10.6 Å². The molecule has 1 amide bonds. The maximum Gasteiger partial charge on any atom is 0.255 e. The quantitative estimate of drug-likeness (QED) is 0.818. The van der Waals surface area contributed by atoms with Crippen LogP contribution in [0.25, 0.3) is 0 Å². The van der Waals surface area contributed by atoms with Gasteiger partial charge in [0.05, 0.1) is 0 Å². The van der Waals surface area contributed by atoms with E-state index in [0.717, 1.165) is 22.4 Å². The number of hydrogen-bond donors (Lipinski definition) is 2. The SMILES string of the molecule is CC(C)CNc1ccc(NC(=O)c2cccc(Br)c2)cc1. The predicted octanol–water partition coefficient (Wildman–Crippen LogP) is 4.77.